The van der Waals surface area contributed by atoms with E-state index in [1.54, 1.807) is 31.8 Å². The number of Topliss-reactive ketones (excluding diaryl/α,β-unsaturated/α-hetero) is 1. The first-order valence-corrected chi connectivity index (χ1v) is 38.2. The van der Waals surface area contributed by atoms with Gasteiger partial charge in [0.25, 0.3) is 0 Å². The van der Waals surface area contributed by atoms with Gasteiger partial charge >= 0.3 is 145 Å². The van der Waals surface area contributed by atoms with Crippen molar-refractivity contribution in [2.75, 3.05) is 0 Å². The van der Waals surface area contributed by atoms with Gasteiger partial charge in [0, 0.05) is 34.1 Å². The van der Waals surface area contributed by atoms with Crippen LogP contribution in [-0.4, -0.2) is 120 Å². The van der Waals surface area contributed by atoms with Crippen molar-refractivity contribution in [3.05, 3.63) is 45.6 Å². The molecule has 6 fully saturated rings. The van der Waals surface area contributed by atoms with Crippen LogP contribution in [0.4, 0.5) is 0 Å². The number of unbranched alkanes of at least 4 members (excludes halogenated alkanes) is 1. The first-order chi connectivity index (χ1) is 33.0. The smallest absolute Gasteiger partial charge is 1.00 e. The number of nitrogens with two attached hydrogens (primary N) is 1. The fourth-order valence-electron chi connectivity index (χ4n) is 7.94. The number of carbonyl (C=O) groups excluding carboxylic acids is 6. The number of aliphatic hydroxyl groups is 1. The summed E-state index contributed by atoms with van der Waals surface area (Å²) in [7, 11) is 0. The van der Waals surface area contributed by atoms with Gasteiger partial charge in [-0.15, -0.1) is 0 Å². The summed E-state index contributed by atoms with van der Waals surface area (Å²) >= 11 is 4.63. The summed E-state index contributed by atoms with van der Waals surface area (Å²) in [5, 5.41) is 44.1. The Morgan fingerprint density at radius 2 is 0.987 bits per heavy atom. The number of hydrogen-bond donors (Lipinski definition) is 10. The van der Waals surface area contributed by atoms with Crippen molar-refractivity contribution in [1.82, 2.24) is 26.6 Å². The molecule has 0 aromatic carbocycles. The average Bonchev–Trinajstić information content (AvgIpc) is 3.26. The van der Waals surface area contributed by atoms with Crippen LogP contribution in [0.5, 0.6) is 0 Å². The number of hydrogen-bond acceptors (Lipinski definition) is 11. The number of amides is 5. The number of nitrogens with one attached hydrogen (secondary N) is 5. The van der Waals surface area contributed by atoms with Gasteiger partial charge in [0.2, 0.25) is 23.6 Å². The van der Waals surface area contributed by atoms with E-state index in [0.29, 0.717) is 12.8 Å². The molecule has 24 heteroatoms. The molecule has 0 bridgehead atoms. The van der Waals surface area contributed by atoms with Crippen molar-refractivity contribution in [2.24, 2.45) is 5.73 Å². The van der Waals surface area contributed by atoms with Gasteiger partial charge in [-0.3, -0.25) is 34.5 Å². The number of carboxylic acids is 1. The zero-order valence-corrected chi connectivity index (χ0v) is 61.2. The number of ketones is 1. The Kier molecular flexibility index (Phi) is 50.3. The molecule has 7 atom stereocenters. The number of carboxylic acid groups (broad SMARTS) is 1. The number of halogens is 4. The molecule has 1 unspecified atom stereocenters. The molecule has 0 aliphatic heterocycles. The van der Waals surface area contributed by atoms with E-state index < -0.39 is 35.4 Å². The van der Waals surface area contributed by atoms with E-state index in [1.165, 1.54) is 43.4 Å². The third-order valence-corrected chi connectivity index (χ3v) is 19.0. The van der Waals surface area contributed by atoms with Crippen LogP contribution in [-0.2, 0) is 33.6 Å². The predicted molar refractivity (Wildman–Crippen MR) is 329 cm³/mol. The van der Waals surface area contributed by atoms with Gasteiger partial charge in [0.05, 0.1) is 28.3 Å². The molecule has 0 heterocycles. The number of rotatable bonds is 8. The molecule has 6 saturated carbocycles. The van der Waals surface area contributed by atoms with Crippen molar-refractivity contribution >= 4 is 127 Å². The average molecular weight is 1640 g/mol. The largest absolute Gasteiger partial charge is 1.00 e. The van der Waals surface area contributed by atoms with Crippen molar-refractivity contribution in [2.45, 2.75) is 235 Å². The van der Waals surface area contributed by atoms with Crippen molar-refractivity contribution in [3.63, 3.8) is 0 Å². The third-order valence-electron chi connectivity index (χ3n) is 13.3. The van der Waals surface area contributed by atoms with Crippen LogP contribution in [0.3, 0.4) is 0 Å². The summed E-state index contributed by atoms with van der Waals surface area (Å²) < 4.78 is 8.39. The molecular weight excluding hydrogens is 1540 g/mol. The number of aliphatic hydroxyl groups excluding tert-OH is 1. The van der Waals surface area contributed by atoms with Crippen LogP contribution in [0.2, 0.25) is 14.8 Å². The zero-order chi connectivity index (χ0) is 56.7. The minimum atomic E-state index is -1.83. The Morgan fingerprint density at radius 3 is 1.13 bits per heavy atom. The molecule has 77 heavy (non-hydrogen) atoms. The second-order valence-corrected chi connectivity index (χ2v) is 37.4. The molecule has 6 aliphatic carbocycles. The Bertz CT molecular complexity index is 1970. The van der Waals surface area contributed by atoms with Gasteiger partial charge in [0.15, 0.2) is 5.78 Å². The maximum absolute atomic E-state index is 11.0. The van der Waals surface area contributed by atoms with Crippen LogP contribution >= 0.6 is 67.8 Å². The van der Waals surface area contributed by atoms with Crippen LogP contribution in [0.25, 0.3) is 0 Å². The van der Waals surface area contributed by atoms with Crippen LogP contribution in [0, 0.1) is 6.92 Å². The molecule has 0 aromatic heterocycles. The normalized spacial score (nSPS) is 29.1. The number of carbonyl (C=O) groups is 7. The van der Waals surface area contributed by atoms with Gasteiger partial charge in [-0.2, -0.15) is 6.42 Å². The van der Waals surface area contributed by atoms with Crippen LogP contribution < -0.4 is 105 Å². The summed E-state index contributed by atoms with van der Waals surface area (Å²) in [6, 6.07) is 0. The molecule has 11 N–H and O–H groups in total. The third kappa shape index (κ3) is 31.9. The minimum absolute atomic E-state index is 0. The van der Waals surface area contributed by atoms with E-state index in [0.717, 1.165) is 69.8 Å². The molecular formula is C53H96I4LiN6NaO11Sn. The number of aliphatic carboxylic acids is 1. The predicted octanol–water partition coefficient (Wildman–Crippen LogP) is 1.55. The second kappa shape index (κ2) is 42.4. The Balaban J connectivity index is -0.000000148. The first-order valence-electron chi connectivity index (χ1n) is 24.3. The molecule has 438 valence electrons. The molecule has 6 aliphatic rings. The minimum Gasteiger partial charge on any atom is -1.00 e. The van der Waals surface area contributed by atoms with E-state index in [-0.39, 0.29) is 151 Å². The van der Waals surface area contributed by atoms with Gasteiger partial charge in [0.1, 0.15) is 5.54 Å². The fourth-order valence-corrected chi connectivity index (χ4v) is 15.1. The van der Waals surface area contributed by atoms with Gasteiger partial charge < -0.3 is 68.1 Å². The fraction of sp³-hybridized carbons (Fsp3) is 0.698. The Morgan fingerprint density at radius 1 is 0.662 bits per heavy atom. The van der Waals surface area contributed by atoms with Crippen LogP contribution in [0.15, 0.2) is 38.6 Å². The first kappa shape index (κ1) is 91.4. The van der Waals surface area contributed by atoms with Gasteiger partial charge in [-0.05, 0) is 114 Å². The second-order valence-electron chi connectivity index (χ2n) is 21.2. The molecule has 5 amide bonds. The summed E-state index contributed by atoms with van der Waals surface area (Å²) in [6.07, 6.45) is 13.1. The molecule has 6 rings (SSSR count). The van der Waals surface area contributed by atoms with E-state index in [1.807, 2.05) is 29.5 Å². The summed E-state index contributed by atoms with van der Waals surface area (Å²) in [5.41, 5.74) is 8.51. The molecule has 0 aromatic rings. The van der Waals surface area contributed by atoms with Crippen LogP contribution in [0.1, 0.15) is 181 Å². The summed E-state index contributed by atoms with van der Waals surface area (Å²) in [6.45, 7) is 23.3. The van der Waals surface area contributed by atoms with Gasteiger partial charge in [-0.1, -0.05) is 96.0 Å². The van der Waals surface area contributed by atoms with E-state index in [2.05, 4.69) is 133 Å². The van der Waals surface area contributed by atoms with E-state index in [9.17, 15) is 38.7 Å². The standard InChI is InChI=1S/2C8H12INO.C8H12NO.C7H13NO2.C7H11NO2.C6H8INO2.C4H9.2CH4.3CH3.HI.Li.Na.H2O2.Sn/c2*1-6(11)10-8(2)4-3-7(8)5-9;1-6-4-5-8(6,3)9-7(2)10;2*1-5(9)8-7(2)4-3-6(7)10;7-3-4-1-2-6(4,8)5(9)10;1-3-4-2;;;;;;;;;1-2;/h2*5H,3-4H2,1-2H3,(H,10,11);1H,4-5H2,2-3H3,(H,9,10);6,10H,3-4H2,1-2H3,(H,8,9);3-4H2,1-2H3,(H,8,9);3H,1-2,8H2,(H,9,10);1,3-4H2,2H3;2*1H4;3*1H3;1H;;;1-2H;/q;;;;;;-1;;;;;;;2*+1;;/p-1/t3*8-;6?,7-;7-;6-;;;;;;;;;;;/m000000.........../s1/i9-4;;;;;7-4;;;;;;;1-4;;;;. The maximum Gasteiger partial charge on any atom is 1.00 e. The molecule has 0 spiro atoms. The molecule has 0 saturated heterocycles. The molecule has 0 radical (unpaired) electrons. The van der Waals surface area contributed by atoms with E-state index in [4.69, 9.17) is 21.4 Å². The zero-order valence-electron chi connectivity index (χ0n) is 47.7. The van der Waals surface area contributed by atoms with Crippen molar-refractivity contribution < 1.29 is 127 Å². The topological polar surface area (TPSA) is 287 Å². The Hall–Kier alpha value is 0.606. The van der Waals surface area contributed by atoms with Gasteiger partial charge in [-0.25, -0.2) is 4.79 Å². The summed E-state index contributed by atoms with van der Waals surface area (Å²) in [4.78, 5) is 82.3. The Labute approximate surface area is 560 Å². The SMILES string of the molecule is C.C.CC(=O)N[C@@]1(C)CCC1=CI.CC(=O)N[C@@]1(C)CCC1=C[123I].CC(=O)N[C@@]1(C)CCC1=O.CC(=O)N[C@@]1(C)CCC1=[CH][Sn]([CH3])([CH3])[CH3].CC(=O)N[C@@]1(C)CCC1O.N[C@@]1(C(=O)O)CCC1=C[123I].OO.[123I-].[CH2-]CCC.[Li+].[Na+]. The van der Waals surface area contributed by atoms with E-state index >= 15 is 0 Å². The van der Waals surface area contributed by atoms with Crippen molar-refractivity contribution in [1.29, 1.82) is 0 Å². The maximum atomic E-state index is 11.0. The molecule has 17 nitrogen and oxygen atoms in total. The monoisotopic (exact) mass is 1640 g/mol. The quantitative estimate of drug-likeness (QED) is 0.0545. The van der Waals surface area contributed by atoms with Crippen molar-refractivity contribution in [3.8, 4) is 0 Å². The summed E-state index contributed by atoms with van der Waals surface area (Å²) in [5.74, 6) is -0.769.